The first kappa shape index (κ1) is 16.6. The van der Waals surface area contributed by atoms with E-state index in [0.29, 0.717) is 17.4 Å². The Labute approximate surface area is 145 Å². The second-order valence-electron chi connectivity index (χ2n) is 5.56. The first-order chi connectivity index (χ1) is 12.2. The molecule has 0 radical (unpaired) electrons. The molecular weight excluding hydrogens is 318 g/mol. The number of H-pyrrole nitrogens is 1. The summed E-state index contributed by atoms with van der Waals surface area (Å²) in [6.45, 7) is 1.85. The van der Waals surface area contributed by atoms with Gasteiger partial charge in [0, 0.05) is 23.5 Å². The quantitative estimate of drug-likeness (QED) is 0.720. The van der Waals surface area contributed by atoms with Gasteiger partial charge in [-0.25, -0.2) is 4.98 Å². The zero-order chi connectivity index (χ0) is 17.6. The Balaban J connectivity index is 1.65. The number of hydrogen-bond donors (Lipinski definition) is 2. The number of benzene rings is 1. The zero-order valence-corrected chi connectivity index (χ0v) is 14.1. The largest absolute Gasteiger partial charge is 0.496 e. The average Bonchev–Trinajstić information content (AvgIpc) is 3.13. The SMILES string of the molecule is COc1ccccc1CC(=O)N[C@@H](C)c1nc(-c2cccnc2)n[nH]1. The van der Waals surface area contributed by atoms with Crippen molar-refractivity contribution in [2.24, 2.45) is 0 Å². The summed E-state index contributed by atoms with van der Waals surface area (Å²) in [4.78, 5) is 20.8. The summed E-state index contributed by atoms with van der Waals surface area (Å²) in [6, 6.07) is 10.9. The molecule has 7 heteroatoms. The van der Waals surface area contributed by atoms with Crippen LogP contribution >= 0.6 is 0 Å². The standard InChI is InChI=1S/C18H19N5O2/c1-12(17-21-18(23-22-17)14-7-5-9-19-11-14)20-16(24)10-13-6-3-4-8-15(13)25-2/h3-9,11-12H,10H2,1-2H3,(H,20,24)(H,21,22,23)/t12-/m0/s1. The summed E-state index contributed by atoms with van der Waals surface area (Å²) in [6.07, 6.45) is 3.62. The molecule has 0 unspecified atom stereocenters. The Hall–Kier alpha value is -3.22. The van der Waals surface area contributed by atoms with Gasteiger partial charge in [-0.05, 0) is 25.1 Å². The number of carbonyl (C=O) groups is 1. The molecule has 7 nitrogen and oxygen atoms in total. The third kappa shape index (κ3) is 4.00. The topological polar surface area (TPSA) is 92.8 Å². The van der Waals surface area contributed by atoms with Gasteiger partial charge < -0.3 is 10.1 Å². The van der Waals surface area contributed by atoms with Crippen molar-refractivity contribution in [1.29, 1.82) is 0 Å². The molecule has 0 aliphatic heterocycles. The van der Waals surface area contributed by atoms with Crippen LogP contribution in [0.3, 0.4) is 0 Å². The van der Waals surface area contributed by atoms with Crippen LogP contribution in [0.4, 0.5) is 0 Å². The minimum absolute atomic E-state index is 0.115. The van der Waals surface area contributed by atoms with Crippen molar-refractivity contribution >= 4 is 5.91 Å². The number of pyridine rings is 1. The third-order valence-corrected chi connectivity index (χ3v) is 3.75. The normalized spacial score (nSPS) is 11.8. The van der Waals surface area contributed by atoms with Gasteiger partial charge >= 0.3 is 0 Å². The van der Waals surface area contributed by atoms with Crippen molar-refractivity contribution in [3.05, 3.63) is 60.2 Å². The fourth-order valence-corrected chi connectivity index (χ4v) is 2.47. The first-order valence-electron chi connectivity index (χ1n) is 7.91. The number of rotatable bonds is 6. The summed E-state index contributed by atoms with van der Waals surface area (Å²) in [5, 5.41) is 9.96. The second kappa shape index (κ2) is 7.57. The molecule has 0 saturated heterocycles. The van der Waals surface area contributed by atoms with Crippen LogP contribution in [-0.4, -0.2) is 33.2 Å². The molecule has 0 saturated carbocycles. The van der Waals surface area contributed by atoms with Crippen LogP contribution in [0.1, 0.15) is 24.4 Å². The fraction of sp³-hybridized carbons (Fsp3) is 0.222. The summed E-state index contributed by atoms with van der Waals surface area (Å²) < 4.78 is 5.27. The number of aromatic nitrogens is 4. The average molecular weight is 337 g/mol. The van der Waals surface area contributed by atoms with Crippen LogP contribution in [0.25, 0.3) is 11.4 Å². The van der Waals surface area contributed by atoms with Crippen LogP contribution in [0.2, 0.25) is 0 Å². The third-order valence-electron chi connectivity index (χ3n) is 3.75. The van der Waals surface area contributed by atoms with E-state index in [0.717, 1.165) is 11.1 Å². The molecule has 25 heavy (non-hydrogen) atoms. The molecule has 0 bridgehead atoms. The maximum Gasteiger partial charge on any atom is 0.225 e. The van der Waals surface area contributed by atoms with Crippen molar-refractivity contribution in [1.82, 2.24) is 25.5 Å². The van der Waals surface area contributed by atoms with Crippen LogP contribution in [0.5, 0.6) is 5.75 Å². The number of amides is 1. The molecule has 0 spiro atoms. The molecule has 3 rings (SSSR count). The maximum atomic E-state index is 12.3. The predicted molar refractivity (Wildman–Crippen MR) is 92.9 cm³/mol. The number of hydrogen-bond acceptors (Lipinski definition) is 5. The molecule has 0 aliphatic carbocycles. The van der Waals surface area contributed by atoms with Gasteiger partial charge in [-0.15, -0.1) is 0 Å². The molecule has 1 amide bonds. The fourth-order valence-electron chi connectivity index (χ4n) is 2.47. The van der Waals surface area contributed by atoms with Crippen molar-refractivity contribution in [2.75, 3.05) is 7.11 Å². The van der Waals surface area contributed by atoms with Crippen molar-refractivity contribution in [3.63, 3.8) is 0 Å². The Morgan fingerprint density at radius 1 is 1.28 bits per heavy atom. The lowest BCUT2D eigenvalue weighted by Gasteiger charge is -2.12. The van der Waals surface area contributed by atoms with Crippen LogP contribution in [-0.2, 0) is 11.2 Å². The van der Waals surface area contributed by atoms with Crippen LogP contribution in [0.15, 0.2) is 48.8 Å². The van der Waals surface area contributed by atoms with Crippen molar-refractivity contribution in [2.45, 2.75) is 19.4 Å². The van der Waals surface area contributed by atoms with E-state index in [9.17, 15) is 4.79 Å². The molecule has 2 heterocycles. The highest BCUT2D eigenvalue weighted by atomic mass is 16.5. The lowest BCUT2D eigenvalue weighted by molar-refractivity contribution is -0.121. The van der Waals surface area contributed by atoms with Crippen LogP contribution in [0, 0.1) is 0 Å². The first-order valence-corrected chi connectivity index (χ1v) is 7.91. The molecule has 3 aromatic rings. The number of para-hydroxylation sites is 1. The number of methoxy groups -OCH3 is 1. The van der Waals surface area contributed by atoms with E-state index in [-0.39, 0.29) is 18.4 Å². The van der Waals surface area contributed by atoms with E-state index in [1.807, 2.05) is 43.3 Å². The lowest BCUT2D eigenvalue weighted by atomic mass is 10.1. The summed E-state index contributed by atoms with van der Waals surface area (Å²) in [5.41, 5.74) is 1.65. The zero-order valence-electron chi connectivity index (χ0n) is 14.1. The summed E-state index contributed by atoms with van der Waals surface area (Å²) in [5.74, 6) is 1.72. The van der Waals surface area contributed by atoms with Gasteiger partial charge in [0.1, 0.15) is 11.6 Å². The van der Waals surface area contributed by atoms with E-state index >= 15 is 0 Å². The summed E-state index contributed by atoms with van der Waals surface area (Å²) >= 11 is 0. The molecule has 2 aromatic heterocycles. The molecule has 1 aromatic carbocycles. The molecule has 2 N–H and O–H groups in total. The highest BCUT2D eigenvalue weighted by Crippen LogP contribution is 2.19. The van der Waals surface area contributed by atoms with Crippen LogP contribution < -0.4 is 10.1 Å². The number of ether oxygens (including phenoxy) is 1. The number of aromatic amines is 1. The Kier molecular flexibility index (Phi) is 5.03. The molecule has 0 fully saturated rings. The van der Waals surface area contributed by atoms with E-state index in [1.54, 1.807) is 19.5 Å². The minimum Gasteiger partial charge on any atom is -0.496 e. The van der Waals surface area contributed by atoms with Crippen molar-refractivity contribution < 1.29 is 9.53 Å². The minimum atomic E-state index is -0.292. The number of nitrogens with zero attached hydrogens (tertiary/aromatic N) is 3. The van der Waals surface area contributed by atoms with E-state index in [2.05, 4.69) is 25.5 Å². The molecular formula is C18H19N5O2. The van der Waals surface area contributed by atoms with Gasteiger partial charge in [0.05, 0.1) is 19.6 Å². The van der Waals surface area contributed by atoms with Gasteiger partial charge in [-0.1, -0.05) is 18.2 Å². The second-order valence-corrected chi connectivity index (χ2v) is 5.56. The van der Waals surface area contributed by atoms with Gasteiger partial charge in [-0.2, -0.15) is 5.10 Å². The summed E-state index contributed by atoms with van der Waals surface area (Å²) in [7, 11) is 1.59. The number of nitrogens with one attached hydrogen (secondary N) is 2. The highest BCUT2D eigenvalue weighted by Gasteiger charge is 2.16. The predicted octanol–water partition coefficient (Wildman–Crippen LogP) is 2.30. The van der Waals surface area contributed by atoms with Gasteiger partial charge in [0.2, 0.25) is 5.91 Å². The molecule has 1 atom stereocenters. The van der Waals surface area contributed by atoms with Gasteiger partial charge in [0.15, 0.2) is 5.82 Å². The Morgan fingerprint density at radius 2 is 2.12 bits per heavy atom. The lowest BCUT2D eigenvalue weighted by Crippen LogP contribution is -2.28. The van der Waals surface area contributed by atoms with E-state index < -0.39 is 0 Å². The molecule has 0 aliphatic rings. The van der Waals surface area contributed by atoms with Crippen molar-refractivity contribution in [3.8, 4) is 17.1 Å². The maximum absolute atomic E-state index is 12.3. The number of carbonyl (C=O) groups excluding carboxylic acids is 1. The smallest absolute Gasteiger partial charge is 0.225 e. The monoisotopic (exact) mass is 337 g/mol. The van der Waals surface area contributed by atoms with Gasteiger partial charge in [0.25, 0.3) is 0 Å². The Bertz CT molecular complexity index is 847. The van der Waals surface area contributed by atoms with E-state index in [4.69, 9.17) is 4.74 Å². The molecule has 128 valence electrons. The Morgan fingerprint density at radius 3 is 2.88 bits per heavy atom. The van der Waals surface area contributed by atoms with E-state index in [1.165, 1.54) is 0 Å². The highest BCUT2D eigenvalue weighted by molar-refractivity contribution is 5.79. The van der Waals surface area contributed by atoms with Gasteiger partial charge in [-0.3, -0.25) is 14.9 Å².